The maximum absolute atomic E-state index is 12.0. The van der Waals surface area contributed by atoms with Gasteiger partial charge in [-0.25, -0.2) is 0 Å². The Bertz CT molecular complexity index is 443. The summed E-state index contributed by atoms with van der Waals surface area (Å²) in [6.45, 7) is 1.30. The van der Waals surface area contributed by atoms with E-state index in [1.54, 1.807) is 13.0 Å². The standard InChI is InChI=1S/C12H14F3NO2/c1-8-3-4-9(10(17)7-8)11(18)16(2)6-5-12(13,14)15/h3-4,7,17H,5-6H2,1-2H3. The van der Waals surface area contributed by atoms with Crippen molar-refractivity contribution in [1.82, 2.24) is 4.90 Å². The molecule has 0 saturated carbocycles. The molecule has 0 aliphatic heterocycles. The summed E-state index contributed by atoms with van der Waals surface area (Å²) < 4.78 is 36.1. The molecule has 0 radical (unpaired) electrons. The number of rotatable bonds is 3. The largest absolute Gasteiger partial charge is 0.507 e. The molecule has 1 aromatic carbocycles. The maximum atomic E-state index is 12.0. The van der Waals surface area contributed by atoms with Gasteiger partial charge in [0.1, 0.15) is 5.75 Å². The van der Waals surface area contributed by atoms with Crippen molar-refractivity contribution in [2.75, 3.05) is 13.6 Å². The van der Waals surface area contributed by atoms with E-state index in [0.717, 1.165) is 10.5 Å². The fourth-order valence-corrected chi connectivity index (χ4v) is 1.42. The van der Waals surface area contributed by atoms with Crippen LogP contribution in [0.5, 0.6) is 5.75 Å². The number of phenols is 1. The van der Waals surface area contributed by atoms with Crippen molar-refractivity contribution in [2.45, 2.75) is 19.5 Å². The Labute approximate surface area is 103 Å². The van der Waals surface area contributed by atoms with Crippen molar-refractivity contribution in [3.8, 4) is 5.75 Å². The molecule has 0 heterocycles. The number of carbonyl (C=O) groups excluding carboxylic acids is 1. The lowest BCUT2D eigenvalue weighted by atomic mass is 10.1. The van der Waals surface area contributed by atoms with Gasteiger partial charge in [-0.2, -0.15) is 13.2 Å². The molecular weight excluding hydrogens is 247 g/mol. The molecule has 3 nitrogen and oxygen atoms in total. The third kappa shape index (κ3) is 3.94. The minimum Gasteiger partial charge on any atom is -0.507 e. The lowest BCUT2D eigenvalue weighted by Crippen LogP contribution is -2.30. The van der Waals surface area contributed by atoms with E-state index in [9.17, 15) is 23.1 Å². The van der Waals surface area contributed by atoms with Crippen LogP contribution in [0.2, 0.25) is 0 Å². The highest BCUT2D eigenvalue weighted by molar-refractivity contribution is 5.96. The molecule has 0 bridgehead atoms. The predicted molar refractivity (Wildman–Crippen MR) is 60.5 cm³/mol. The molecule has 1 amide bonds. The lowest BCUT2D eigenvalue weighted by molar-refractivity contribution is -0.136. The van der Waals surface area contributed by atoms with Crippen LogP contribution in [0.1, 0.15) is 22.3 Å². The Balaban J connectivity index is 2.74. The van der Waals surface area contributed by atoms with E-state index >= 15 is 0 Å². The SMILES string of the molecule is Cc1ccc(C(=O)N(C)CCC(F)(F)F)c(O)c1. The molecule has 6 heteroatoms. The van der Waals surface area contributed by atoms with Crippen LogP contribution in [0.3, 0.4) is 0 Å². The van der Waals surface area contributed by atoms with Crippen LogP contribution in [0.25, 0.3) is 0 Å². The predicted octanol–water partition coefficient (Wildman–Crippen LogP) is 2.73. The second kappa shape index (κ2) is 5.29. The zero-order chi connectivity index (χ0) is 13.9. The number of amides is 1. The summed E-state index contributed by atoms with van der Waals surface area (Å²) in [5.41, 5.74) is 0.771. The molecule has 0 aliphatic rings. The van der Waals surface area contributed by atoms with Crippen LogP contribution in [0, 0.1) is 6.92 Å². The summed E-state index contributed by atoms with van der Waals surface area (Å²) in [4.78, 5) is 12.7. The number of benzene rings is 1. The molecule has 18 heavy (non-hydrogen) atoms. The molecule has 0 spiro atoms. The summed E-state index contributed by atoms with van der Waals surface area (Å²) in [5.74, 6) is -0.851. The molecule has 0 atom stereocenters. The van der Waals surface area contributed by atoms with Crippen molar-refractivity contribution in [2.24, 2.45) is 0 Å². The number of phenolic OH excluding ortho intramolecular Hbond substituents is 1. The minimum atomic E-state index is -4.30. The van der Waals surface area contributed by atoms with Gasteiger partial charge >= 0.3 is 6.18 Å². The number of carbonyl (C=O) groups is 1. The zero-order valence-corrected chi connectivity index (χ0v) is 10.1. The van der Waals surface area contributed by atoms with Crippen LogP contribution in [-0.2, 0) is 0 Å². The van der Waals surface area contributed by atoms with Crippen molar-refractivity contribution in [3.05, 3.63) is 29.3 Å². The van der Waals surface area contributed by atoms with E-state index in [2.05, 4.69) is 0 Å². The summed E-state index contributed by atoms with van der Waals surface area (Å²) in [7, 11) is 1.27. The molecule has 1 aromatic rings. The van der Waals surface area contributed by atoms with Gasteiger partial charge in [-0.3, -0.25) is 4.79 Å². The van der Waals surface area contributed by atoms with Gasteiger partial charge in [-0.15, -0.1) is 0 Å². The lowest BCUT2D eigenvalue weighted by Gasteiger charge is -2.18. The third-order valence-electron chi connectivity index (χ3n) is 2.46. The summed E-state index contributed by atoms with van der Waals surface area (Å²) in [5, 5.41) is 9.57. The van der Waals surface area contributed by atoms with Crippen LogP contribution < -0.4 is 0 Å². The fourth-order valence-electron chi connectivity index (χ4n) is 1.42. The molecule has 0 unspecified atom stereocenters. The van der Waals surface area contributed by atoms with Gasteiger partial charge in [0.2, 0.25) is 0 Å². The fraction of sp³-hybridized carbons (Fsp3) is 0.417. The van der Waals surface area contributed by atoms with E-state index in [4.69, 9.17) is 0 Å². The zero-order valence-electron chi connectivity index (χ0n) is 10.1. The first kappa shape index (κ1) is 14.3. The Morgan fingerprint density at radius 1 is 1.39 bits per heavy atom. The van der Waals surface area contributed by atoms with Gasteiger partial charge in [-0.1, -0.05) is 6.07 Å². The van der Waals surface area contributed by atoms with E-state index in [1.807, 2.05) is 0 Å². The topological polar surface area (TPSA) is 40.5 Å². The number of nitrogens with zero attached hydrogens (tertiary/aromatic N) is 1. The van der Waals surface area contributed by atoms with Crippen molar-refractivity contribution in [3.63, 3.8) is 0 Å². The average molecular weight is 261 g/mol. The van der Waals surface area contributed by atoms with Crippen LogP contribution in [0.15, 0.2) is 18.2 Å². The number of hydrogen-bond donors (Lipinski definition) is 1. The first-order chi connectivity index (χ1) is 8.20. The Morgan fingerprint density at radius 3 is 2.50 bits per heavy atom. The molecule has 0 fully saturated rings. The summed E-state index contributed by atoms with van der Waals surface area (Å²) >= 11 is 0. The third-order valence-corrected chi connectivity index (χ3v) is 2.46. The van der Waals surface area contributed by atoms with Crippen LogP contribution in [0.4, 0.5) is 13.2 Å². The normalized spacial score (nSPS) is 11.4. The Morgan fingerprint density at radius 2 is 2.00 bits per heavy atom. The average Bonchev–Trinajstić information content (AvgIpc) is 2.24. The molecule has 0 aromatic heterocycles. The van der Waals surface area contributed by atoms with E-state index in [-0.39, 0.29) is 11.3 Å². The van der Waals surface area contributed by atoms with Crippen LogP contribution in [-0.4, -0.2) is 35.7 Å². The minimum absolute atomic E-state index is 0.00488. The number of alkyl halides is 3. The number of aryl methyl sites for hydroxylation is 1. The quantitative estimate of drug-likeness (QED) is 0.908. The molecule has 0 saturated heterocycles. The van der Waals surface area contributed by atoms with E-state index in [0.29, 0.717) is 0 Å². The van der Waals surface area contributed by atoms with Gasteiger partial charge in [0, 0.05) is 13.6 Å². The number of halogens is 3. The van der Waals surface area contributed by atoms with Crippen molar-refractivity contribution >= 4 is 5.91 Å². The van der Waals surface area contributed by atoms with Crippen molar-refractivity contribution in [1.29, 1.82) is 0 Å². The van der Waals surface area contributed by atoms with Gasteiger partial charge in [-0.05, 0) is 24.6 Å². The highest BCUT2D eigenvalue weighted by Gasteiger charge is 2.28. The van der Waals surface area contributed by atoms with Crippen LogP contribution >= 0.6 is 0 Å². The van der Waals surface area contributed by atoms with E-state index < -0.39 is 25.0 Å². The Kier molecular flexibility index (Phi) is 4.21. The second-order valence-electron chi connectivity index (χ2n) is 4.11. The molecule has 1 N–H and O–H groups in total. The summed E-state index contributed by atoms with van der Waals surface area (Å²) in [6, 6.07) is 4.41. The first-order valence-electron chi connectivity index (χ1n) is 5.32. The molecule has 100 valence electrons. The van der Waals surface area contributed by atoms with Gasteiger partial charge in [0.05, 0.1) is 12.0 Å². The van der Waals surface area contributed by atoms with Gasteiger partial charge in [0.25, 0.3) is 5.91 Å². The molecule has 1 rings (SSSR count). The Hall–Kier alpha value is -1.72. The monoisotopic (exact) mass is 261 g/mol. The van der Waals surface area contributed by atoms with Crippen molar-refractivity contribution < 1.29 is 23.1 Å². The van der Waals surface area contributed by atoms with Gasteiger partial charge < -0.3 is 10.0 Å². The first-order valence-corrected chi connectivity index (χ1v) is 5.32. The summed E-state index contributed by atoms with van der Waals surface area (Å²) in [6.07, 6.45) is -5.37. The highest BCUT2D eigenvalue weighted by atomic mass is 19.4. The maximum Gasteiger partial charge on any atom is 0.390 e. The highest BCUT2D eigenvalue weighted by Crippen LogP contribution is 2.22. The number of hydrogen-bond acceptors (Lipinski definition) is 2. The molecular formula is C12H14F3NO2. The second-order valence-corrected chi connectivity index (χ2v) is 4.11. The van der Waals surface area contributed by atoms with E-state index in [1.165, 1.54) is 19.2 Å². The van der Waals surface area contributed by atoms with Gasteiger partial charge in [0.15, 0.2) is 0 Å². The molecule has 0 aliphatic carbocycles. The smallest absolute Gasteiger partial charge is 0.390 e. The number of aromatic hydroxyl groups is 1.